The molecule has 3 aliphatic rings. The highest BCUT2D eigenvalue weighted by Crippen LogP contribution is 2.48. The van der Waals surface area contributed by atoms with E-state index < -0.39 is 11.7 Å². The summed E-state index contributed by atoms with van der Waals surface area (Å²) in [6.45, 7) is 0.287. The number of hydrogen-bond donors (Lipinski definition) is 0. The van der Waals surface area contributed by atoms with E-state index in [0.717, 1.165) is 18.4 Å². The number of methoxy groups -OCH3 is 1. The summed E-state index contributed by atoms with van der Waals surface area (Å²) < 4.78 is 26.8. The summed E-state index contributed by atoms with van der Waals surface area (Å²) in [4.78, 5) is 13.0. The first-order valence-corrected chi connectivity index (χ1v) is 8.56. The highest BCUT2D eigenvalue weighted by Gasteiger charge is 2.51. The maximum absolute atomic E-state index is 14.4. The first kappa shape index (κ1) is 14.9. The summed E-state index contributed by atoms with van der Waals surface area (Å²) in [5.74, 6) is 2.02. The van der Waals surface area contributed by atoms with Gasteiger partial charge in [-0.2, -0.15) is 9.37 Å². The summed E-state index contributed by atoms with van der Waals surface area (Å²) >= 11 is 0. The molecule has 136 valence electrons. The quantitative estimate of drug-likeness (QED) is 0.700. The highest BCUT2D eigenvalue weighted by atomic mass is 19.1. The van der Waals surface area contributed by atoms with Crippen LogP contribution in [0.25, 0.3) is 5.69 Å². The fraction of sp³-hybridized carbons (Fsp3) is 0.294. The van der Waals surface area contributed by atoms with Gasteiger partial charge in [0.2, 0.25) is 0 Å². The smallest absolute Gasteiger partial charge is 0.295 e. The number of fused-ring (bicyclic) bond motifs is 6. The zero-order chi connectivity index (χ0) is 18.2. The molecular formula is C17H14FN7O2. The Morgan fingerprint density at radius 1 is 1.26 bits per heavy atom. The van der Waals surface area contributed by atoms with Crippen LogP contribution in [-0.2, 0) is 10.3 Å². The lowest BCUT2D eigenvalue weighted by atomic mass is 10.1. The van der Waals surface area contributed by atoms with E-state index >= 15 is 0 Å². The number of para-hydroxylation sites is 1. The number of rotatable bonds is 3. The predicted molar refractivity (Wildman–Crippen MR) is 92.1 cm³/mol. The molecule has 2 aliphatic heterocycles. The molecule has 0 amide bonds. The molecule has 6 rings (SSSR count). The molecule has 9 nitrogen and oxygen atoms in total. The van der Waals surface area contributed by atoms with E-state index in [1.54, 1.807) is 17.1 Å². The number of nitrogens with zero attached hydrogens (tertiary/aromatic N) is 7. The Morgan fingerprint density at radius 3 is 2.93 bits per heavy atom. The van der Waals surface area contributed by atoms with Crippen LogP contribution in [-0.4, -0.2) is 39.3 Å². The van der Waals surface area contributed by atoms with Crippen LogP contribution < -0.4 is 10.0 Å². The minimum Gasteiger partial charge on any atom is -0.368 e. The number of hydrogen-bond acceptors (Lipinski definition) is 8. The molecule has 2 aromatic heterocycles. The van der Waals surface area contributed by atoms with Gasteiger partial charge in [-0.25, -0.2) is 20.0 Å². The van der Waals surface area contributed by atoms with Crippen molar-refractivity contribution in [1.82, 2.24) is 19.7 Å². The Labute approximate surface area is 152 Å². The summed E-state index contributed by atoms with van der Waals surface area (Å²) in [5, 5.41) is 7.60. The molecule has 1 saturated carbocycles. The van der Waals surface area contributed by atoms with Gasteiger partial charge in [-0.1, -0.05) is 12.1 Å². The Kier molecular flexibility index (Phi) is 2.70. The average Bonchev–Trinajstić information content (AvgIpc) is 3.03. The molecule has 1 fully saturated rings. The van der Waals surface area contributed by atoms with Gasteiger partial charge in [0.25, 0.3) is 17.9 Å². The van der Waals surface area contributed by atoms with Crippen LogP contribution in [0, 0.1) is 6.08 Å². The second-order valence-electron chi connectivity index (χ2n) is 6.67. The molecule has 0 atom stereocenters. The summed E-state index contributed by atoms with van der Waals surface area (Å²) in [6, 6.07) is 7.49. The third kappa shape index (κ3) is 1.85. The van der Waals surface area contributed by atoms with Crippen LogP contribution in [0.3, 0.4) is 0 Å². The molecule has 0 saturated heterocycles. The van der Waals surface area contributed by atoms with Gasteiger partial charge in [0.15, 0.2) is 11.7 Å². The van der Waals surface area contributed by atoms with Gasteiger partial charge >= 0.3 is 0 Å². The van der Waals surface area contributed by atoms with Gasteiger partial charge in [-0.3, -0.25) is 4.57 Å². The van der Waals surface area contributed by atoms with Gasteiger partial charge in [-0.05, 0) is 30.1 Å². The SMILES string of the molecule is COC1(c2nc(N3CN=C4c5ccccc5-n5c(cnc5F)N43)no2)CC1. The van der Waals surface area contributed by atoms with Crippen LogP contribution in [0.5, 0.6) is 0 Å². The first-order chi connectivity index (χ1) is 13.2. The second-order valence-corrected chi connectivity index (χ2v) is 6.67. The van der Waals surface area contributed by atoms with E-state index in [4.69, 9.17) is 9.26 Å². The number of anilines is 2. The monoisotopic (exact) mass is 367 g/mol. The van der Waals surface area contributed by atoms with Crippen LogP contribution in [0.2, 0.25) is 0 Å². The van der Waals surface area contributed by atoms with Crippen molar-refractivity contribution in [2.75, 3.05) is 23.8 Å². The molecule has 27 heavy (non-hydrogen) atoms. The van der Waals surface area contributed by atoms with E-state index in [1.807, 2.05) is 24.3 Å². The Bertz CT molecular complexity index is 1100. The third-order valence-corrected chi connectivity index (χ3v) is 5.23. The molecule has 0 unspecified atom stereocenters. The minimum absolute atomic E-state index is 0.287. The number of aromatic nitrogens is 4. The van der Waals surface area contributed by atoms with Gasteiger partial charge < -0.3 is 9.26 Å². The van der Waals surface area contributed by atoms with Crippen molar-refractivity contribution in [2.24, 2.45) is 4.99 Å². The van der Waals surface area contributed by atoms with Crippen molar-refractivity contribution in [3.8, 4) is 5.69 Å². The number of benzene rings is 1. The first-order valence-electron chi connectivity index (χ1n) is 8.56. The fourth-order valence-electron chi connectivity index (χ4n) is 3.64. The van der Waals surface area contributed by atoms with Crippen molar-refractivity contribution in [3.05, 3.63) is 48.0 Å². The normalized spacial score (nSPS) is 18.8. The van der Waals surface area contributed by atoms with E-state index in [0.29, 0.717) is 29.2 Å². The topological polar surface area (TPSA) is 84.8 Å². The van der Waals surface area contributed by atoms with Crippen LogP contribution in [0.15, 0.2) is 40.0 Å². The zero-order valence-electron chi connectivity index (χ0n) is 14.3. The van der Waals surface area contributed by atoms with Crippen molar-refractivity contribution in [2.45, 2.75) is 18.4 Å². The van der Waals surface area contributed by atoms with E-state index in [-0.39, 0.29) is 6.67 Å². The lowest BCUT2D eigenvalue weighted by Gasteiger charge is -2.33. The zero-order valence-corrected chi connectivity index (χ0v) is 14.3. The molecule has 3 aromatic rings. The Hall–Kier alpha value is -3.27. The Morgan fingerprint density at radius 2 is 2.11 bits per heavy atom. The van der Waals surface area contributed by atoms with Gasteiger partial charge in [0, 0.05) is 12.7 Å². The summed E-state index contributed by atoms with van der Waals surface area (Å²) in [6.07, 6.45) is 2.58. The van der Waals surface area contributed by atoms with Crippen molar-refractivity contribution >= 4 is 17.6 Å². The largest absolute Gasteiger partial charge is 0.368 e. The number of hydrazine groups is 1. The molecule has 1 aromatic carbocycles. The second kappa shape index (κ2) is 4.92. The maximum atomic E-state index is 14.4. The molecule has 0 bridgehead atoms. The minimum atomic E-state index is -0.589. The van der Waals surface area contributed by atoms with Crippen LogP contribution in [0.4, 0.5) is 16.2 Å². The standard InChI is InChI=1S/C17H14FN7O2/c1-26-17(6-7-17)14-21-16(22-27-14)23-9-20-13-10-4-2-3-5-11(10)24-12(25(13)23)8-19-15(24)18/h2-5,8H,6-7,9H2,1H3. The van der Waals surface area contributed by atoms with E-state index in [9.17, 15) is 4.39 Å². The Balaban J connectivity index is 1.46. The molecule has 1 aliphatic carbocycles. The van der Waals surface area contributed by atoms with Gasteiger partial charge in [0.05, 0.1) is 11.9 Å². The van der Waals surface area contributed by atoms with Crippen molar-refractivity contribution < 1.29 is 13.7 Å². The molecule has 0 N–H and O–H groups in total. The average molecular weight is 367 g/mol. The third-order valence-electron chi connectivity index (χ3n) is 5.23. The van der Waals surface area contributed by atoms with E-state index in [2.05, 4.69) is 20.1 Å². The van der Waals surface area contributed by atoms with Crippen LogP contribution >= 0.6 is 0 Å². The van der Waals surface area contributed by atoms with Crippen molar-refractivity contribution in [1.29, 1.82) is 0 Å². The number of halogens is 1. The number of amidine groups is 1. The molecule has 10 heteroatoms. The van der Waals surface area contributed by atoms with Crippen molar-refractivity contribution in [3.63, 3.8) is 0 Å². The van der Waals surface area contributed by atoms with Crippen LogP contribution in [0.1, 0.15) is 24.3 Å². The number of imidazole rings is 1. The highest BCUT2D eigenvalue weighted by molar-refractivity contribution is 6.16. The molecule has 0 radical (unpaired) electrons. The molecular weight excluding hydrogens is 353 g/mol. The number of aliphatic imine (C=N–C) groups is 1. The lowest BCUT2D eigenvalue weighted by molar-refractivity contribution is 0.0492. The molecule has 4 heterocycles. The molecule has 0 spiro atoms. The summed E-state index contributed by atoms with van der Waals surface area (Å²) in [5.41, 5.74) is 1.03. The fourth-order valence-corrected chi connectivity index (χ4v) is 3.64. The van der Waals surface area contributed by atoms with E-state index in [1.165, 1.54) is 10.8 Å². The van der Waals surface area contributed by atoms with Gasteiger partial charge in [0.1, 0.15) is 12.3 Å². The van der Waals surface area contributed by atoms with Gasteiger partial charge in [-0.15, -0.1) is 0 Å². The lowest BCUT2D eigenvalue weighted by Crippen LogP contribution is -2.46. The predicted octanol–water partition coefficient (Wildman–Crippen LogP) is 1.99. The maximum Gasteiger partial charge on any atom is 0.295 e. The summed E-state index contributed by atoms with van der Waals surface area (Å²) in [7, 11) is 1.64. The number of ether oxygens (including phenoxy) is 1.